The Morgan fingerprint density at radius 1 is 1.06 bits per heavy atom. The highest BCUT2D eigenvalue weighted by Crippen LogP contribution is 2.32. The predicted molar refractivity (Wildman–Crippen MR) is 126 cm³/mol. The minimum atomic E-state index is -1.21. The standard InChI is InChI=1S/C25H29N5O5/c1-17(19-11-7-4-8-12-19)28-15-21-29(20(24(28)34)13-23(32)33)22(31)16-27(2)30(21)25(35)26-14-18-9-5-3-6-10-18/h3-12,17,20-21H,13-16H2,1-2H3,(H,26,35)(H,32,33)/t17-,20+,21+/m1/s1. The van der Waals surface area contributed by atoms with Crippen LogP contribution in [0.25, 0.3) is 0 Å². The lowest BCUT2D eigenvalue weighted by Crippen LogP contribution is -2.76. The van der Waals surface area contributed by atoms with Crippen molar-refractivity contribution in [3.8, 4) is 0 Å². The summed E-state index contributed by atoms with van der Waals surface area (Å²) in [7, 11) is 1.63. The molecule has 2 aromatic carbocycles. The summed E-state index contributed by atoms with van der Waals surface area (Å²) in [4.78, 5) is 54.3. The van der Waals surface area contributed by atoms with E-state index in [1.165, 1.54) is 14.9 Å². The van der Waals surface area contributed by atoms with Gasteiger partial charge in [0.05, 0.1) is 25.6 Å². The van der Waals surface area contributed by atoms with Crippen molar-refractivity contribution in [2.24, 2.45) is 0 Å². The van der Waals surface area contributed by atoms with Gasteiger partial charge in [0.2, 0.25) is 11.8 Å². The Hall–Kier alpha value is -3.92. The minimum absolute atomic E-state index is 0.0554. The molecule has 0 bridgehead atoms. The van der Waals surface area contributed by atoms with Gasteiger partial charge in [-0.1, -0.05) is 60.7 Å². The van der Waals surface area contributed by atoms with Crippen molar-refractivity contribution in [1.82, 2.24) is 25.1 Å². The Morgan fingerprint density at radius 2 is 1.69 bits per heavy atom. The van der Waals surface area contributed by atoms with Crippen LogP contribution in [0.4, 0.5) is 4.79 Å². The third-order valence-corrected chi connectivity index (χ3v) is 6.50. The van der Waals surface area contributed by atoms with Crippen molar-refractivity contribution in [3.63, 3.8) is 0 Å². The van der Waals surface area contributed by atoms with Crippen LogP contribution in [0.15, 0.2) is 60.7 Å². The number of carbonyl (C=O) groups is 4. The summed E-state index contributed by atoms with van der Waals surface area (Å²) in [6.45, 7) is 2.05. The van der Waals surface area contributed by atoms with Crippen LogP contribution in [0, 0.1) is 0 Å². The molecule has 0 saturated carbocycles. The van der Waals surface area contributed by atoms with E-state index in [-0.39, 0.29) is 25.7 Å². The molecule has 184 valence electrons. The number of hydrogen-bond acceptors (Lipinski definition) is 5. The summed E-state index contributed by atoms with van der Waals surface area (Å²) >= 11 is 0. The number of piperazine rings is 1. The highest BCUT2D eigenvalue weighted by molar-refractivity contribution is 5.93. The van der Waals surface area contributed by atoms with Gasteiger partial charge in [0.15, 0.2) is 0 Å². The second-order valence-electron chi connectivity index (χ2n) is 8.78. The van der Waals surface area contributed by atoms with E-state index in [1.807, 2.05) is 67.6 Å². The summed E-state index contributed by atoms with van der Waals surface area (Å²) in [5.74, 6) is -2.03. The number of aliphatic carboxylic acids is 1. The van der Waals surface area contributed by atoms with Crippen molar-refractivity contribution >= 4 is 23.8 Å². The molecule has 0 unspecified atom stereocenters. The maximum atomic E-state index is 13.5. The Bertz CT molecular complexity index is 1100. The molecule has 2 aliphatic heterocycles. The SMILES string of the molecule is C[C@H](c1ccccc1)N1C[C@H]2N(C(=O)CN(C)N2C(=O)NCc2ccccc2)[C@@H](CC(=O)O)C1=O. The molecule has 0 radical (unpaired) electrons. The second kappa shape index (κ2) is 10.1. The van der Waals surface area contributed by atoms with Gasteiger partial charge in [-0.15, -0.1) is 0 Å². The fourth-order valence-corrected chi connectivity index (χ4v) is 4.74. The number of nitrogens with zero attached hydrogens (tertiary/aromatic N) is 4. The number of rotatable bonds is 6. The molecule has 10 heteroatoms. The molecule has 10 nitrogen and oxygen atoms in total. The quantitative estimate of drug-likeness (QED) is 0.652. The lowest BCUT2D eigenvalue weighted by molar-refractivity contribution is -0.190. The number of nitrogens with one attached hydrogen (secondary N) is 1. The first-order chi connectivity index (χ1) is 16.8. The van der Waals surface area contributed by atoms with Gasteiger partial charge < -0.3 is 20.2 Å². The molecule has 2 fully saturated rings. The Kier molecular flexibility index (Phi) is 7.02. The van der Waals surface area contributed by atoms with E-state index in [9.17, 15) is 24.3 Å². The largest absolute Gasteiger partial charge is 0.481 e. The molecule has 0 aliphatic carbocycles. The first-order valence-electron chi connectivity index (χ1n) is 11.5. The molecule has 2 heterocycles. The maximum absolute atomic E-state index is 13.5. The molecule has 3 atom stereocenters. The normalized spacial score (nSPS) is 21.5. The Labute approximate surface area is 203 Å². The second-order valence-corrected chi connectivity index (χ2v) is 8.78. The first-order valence-corrected chi connectivity index (χ1v) is 11.5. The van der Waals surface area contributed by atoms with E-state index in [2.05, 4.69) is 5.32 Å². The van der Waals surface area contributed by atoms with E-state index in [0.717, 1.165) is 11.1 Å². The van der Waals surface area contributed by atoms with E-state index < -0.39 is 42.4 Å². The van der Waals surface area contributed by atoms with E-state index in [1.54, 1.807) is 11.9 Å². The van der Waals surface area contributed by atoms with Crippen LogP contribution in [0.3, 0.4) is 0 Å². The minimum Gasteiger partial charge on any atom is -0.481 e. The lowest BCUT2D eigenvalue weighted by atomic mass is 9.99. The van der Waals surface area contributed by atoms with Crippen molar-refractivity contribution < 1.29 is 24.3 Å². The number of hydrogen-bond donors (Lipinski definition) is 2. The lowest BCUT2D eigenvalue weighted by Gasteiger charge is -2.55. The summed E-state index contributed by atoms with van der Waals surface area (Å²) < 4.78 is 0. The van der Waals surface area contributed by atoms with Crippen molar-refractivity contribution in [1.29, 1.82) is 0 Å². The molecule has 4 amide bonds. The molecule has 0 spiro atoms. The number of carboxylic acids is 1. The molecule has 2 N–H and O–H groups in total. The molecule has 4 rings (SSSR count). The molecular weight excluding hydrogens is 450 g/mol. The molecule has 2 saturated heterocycles. The zero-order valence-corrected chi connectivity index (χ0v) is 19.7. The van der Waals surface area contributed by atoms with Crippen LogP contribution >= 0.6 is 0 Å². The zero-order chi connectivity index (χ0) is 25.1. The van der Waals surface area contributed by atoms with Gasteiger partial charge in [-0.05, 0) is 18.1 Å². The van der Waals surface area contributed by atoms with Gasteiger partial charge in [0, 0.05) is 13.6 Å². The van der Waals surface area contributed by atoms with Gasteiger partial charge in [-0.25, -0.2) is 14.8 Å². The number of benzene rings is 2. The Balaban J connectivity index is 1.65. The van der Waals surface area contributed by atoms with Crippen LogP contribution < -0.4 is 5.32 Å². The smallest absolute Gasteiger partial charge is 0.334 e. The summed E-state index contributed by atoms with van der Waals surface area (Å²) in [6.07, 6.45) is -1.38. The van der Waals surface area contributed by atoms with E-state index >= 15 is 0 Å². The highest BCUT2D eigenvalue weighted by atomic mass is 16.4. The van der Waals surface area contributed by atoms with Crippen molar-refractivity contribution in [2.75, 3.05) is 20.1 Å². The van der Waals surface area contributed by atoms with E-state index in [0.29, 0.717) is 0 Å². The molecule has 2 aromatic rings. The highest BCUT2D eigenvalue weighted by Gasteiger charge is 2.52. The number of carboxylic acid groups (broad SMARTS) is 1. The van der Waals surface area contributed by atoms with Gasteiger partial charge >= 0.3 is 12.0 Å². The van der Waals surface area contributed by atoms with Crippen molar-refractivity contribution in [2.45, 2.75) is 38.1 Å². The van der Waals surface area contributed by atoms with Gasteiger partial charge in [-0.2, -0.15) is 0 Å². The van der Waals surface area contributed by atoms with Crippen LogP contribution in [0.2, 0.25) is 0 Å². The van der Waals surface area contributed by atoms with Crippen LogP contribution in [-0.2, 0) is 20.9 Å². The van der Waals surface area contributed by atoms with Crippen LogP contribution in [0.5, 0.6) is 0 Å². The van der Waals surface area contributed by atoms with Gasteiger partial charge in [0.25, 0.3) is 0 Å². The van der Waals surface area contributed by atoms with Gasteiger partial charge in [0.1, 0.15) is 12.2 Å². The topological polar surface area (TPSA) is 114 Å². The predicted octanol–water partition coefficient (Wildman–Crippen LogP) is 1.66. The first kappa shape index (κ1) is 24.2. The Morgan fingerprint density at radius 3 is 2.31 bits per heavy atom. The van der Waals surface area contributed by atoms with Crippen LogP contribution in [-0.4, -0.2) is 81.1 Å². The fourth-order valence-electron chi connectivity index (χ4n) is 4.74. The number of urea groups is 1. The number of fused-ring (bicyclic) bond motifs is 1. The third-order valence-electron chi connectivity index (χ3n) is 6.50. The monoisotopic (exact) mass is 479 g/mol. The third kappa shape index (κ3) is 4.97. The summed E-state index contributed by atoms with van der Waals surface area (Å²) in [5, 5.41) is 15.3. The average Bonchev–Trinajstić information content (AvgIpc) is 2.84. The average molecular weight is 480 g/mol. The molecular formula is C25H29N5O5. The zero-order valence-electron chi connectivity index (χ0n) is 19.7. The molecule has 2 aliphatic rings. The fraction of sp³-hybridized carbons (Fsp3) is 0.360. The number of amides is 4. The van der Waals surface area contributed by atoms with Crippen molar-refractivity contribution in [3.05, 3.63) is 71.8 Å². The maximum Gasteiger partial charge on any atom is 0.334 e. The summed E-state index contributed by atoms with van der Waals surface area (Å²) in [5.41, 5.74) is 1.79. The number of hydrazine groups is 1. The summed E-state index contributed by atoms with van der Waals surface area (Å²) in [6, 6.07) is 16.8. The van der Waals surface area contributed by atoms with Gasteiger partial charge in [-0.3, -0.25) is 14.4 Å². The number of carbonyl (C=O) groups excluding carboxylic acids is 3. The molecule has 0 aromatic heterocycles. The number of likely N-dealkylation sites (N-methyl/N-ethyl adjacent to an activating group) is 1. The van der Waals surface area contributed by atoms with E-state index in [4.69, 9.17) is 0 Å². The van der Waals surface area contributed by atoms with Crippen LogP contribution in [0.1, 0.15) is 30.5 Å². The molecule has 35 heavy (non-hydrogen) atoms.